The molecule has 1 heterocycles. The number of phenolic OH excluding ortho intramolecular Hbond substituents is 1. The van der Waals surface area contributed by atoms with E-state index in [2.05, 4.69) is 4.99 Å². The maximum atomic E-state index is 11.1. The van der Waals surface area contributed by atoms with Crippen molar-refractivity contribution in [2.45, 2.75) is 12.5 Å². The number of thioether (sulfide) groups is 1. The number of nitrogens with zero attached hydrogens (tertiary/aromatic N) is 1. The van der Waals surface area contributed by atoms with Gasteiger partial charge < -0.3 is 29.2 Å². The van der Waals surface area contributed by atoms with Crippen molar-refractivity contribution in [1.29, 1.82) is 0 Å². The van der Waals surface area contributed by atoms with Gasteiger partial charge in [0.25, 0.3) is 0 Å². The molecule has 1 aromatic rings. The zero-order chi connectivity index (χ0) is 17.6. The molecule has 24 heavy (non-hydrogen) atoms. The van der Waals surface area contributed by atoms with Crippen molar-refractivity contribution >= 4 is 22.8 Å². The van der Waals surface area contributed by atoms with Crippen LogP contribution in [0.3, 0.4) is 0 Å². The molecule has 0 radical (unpaired) electrons. The van der Waals surface area contributed by atoms with Gasteiger partial charge in [0, 0.05) is 24.5 Å². The number of carbonyl (C=O) groups is 1. The van der Waals surface area contributed by atoms with E-state index >= 15 is 0 Å². The highest BCUT2D eigenvalue weighted by molar-refractivity contribution is 8.14. The van der Waals surface area contributed by atoms with Gasteiger partial charge in [0.1, 0.15) is 28.7 Å². The van der Waals surface area contributed by atoms with Crippen molar-refractivity contribution < 1.29 is 29.2 Å². The van der Waals surface area contributed by atoms with Crippen molar-refractivity contribution in [3.8, 4) is 11.5 Å². The molecular formula is C16H20NO6S-. The van der Waals surface area contributed by atoms with Crippen LogP contribution in [-0.4, -0.2) is 60.9 Å². The fourth-order valence-corrected chi connectivity index (χ4v) is 3.18. The zero-order valence-electron chi connectivity index (χ0n) is 13.6. The third kappa shape index (κ3) is 4.62. The number of rotatable bonds is 9. The van der Waals surface area contributed by atoms with Gasteiger partial charge in [-0.25, -0.2) is 0 Å². The van der Waals surface area contributed by atoms with Crippen LogP contribution in [0.1, 0.15) is 12.5 Å². The number of carbonyl (C=O) groups excluding carboxylic acids is 1. The third-order valence-electron chi connectivity index (χ3n) is 3.41. The molecule has 132 valence electrons. The van der Waals surface area contributed by atoms with Gasteiger partial charge in [-0.2, -0.15) is 0 Å². The highest BCUT2D eigenvalue weighted by Crippen LogP contribution is 2.35. The first-order valence-electron chi connectivity index (χ1n) is 7.43. The van der Waals surface area contributed by atoms with E-state index < -0.39 is 11.5 Å². The number of hydrogen-bond acceptors (Lipinski definition) is 8. The van der Waals surface area contributed by atoms with E-state index in [1.165, 1.54) is 24.8 Å². The standard InChI is InChI=1S/C16H21NO6S/c1-16(15(19)20)10-24-14(17-16)12-4-3-11(9-13(12)18)23-8-7-22-6-5-21-2/h3-4,9,18H,5-8,10H2,1-2H3,(H,19,20)/p-1/t16-/m1/s1. The lowest BCUT2D eigenvalue weighted by Crippen LogP contribution is -2.45. The molecule has 7 nitrogen and oxygen atoms in total. The topological polar surface area (TPSA) is 100 Å². The lowest BCUT2D eigenvalue weighted by Gasteiger charge is -2.19. The second-order valence-electron chi connectivity index (χ2n) is 5.40. The van der Waals surface area contributed by atoms with E-state index in [1.807, 2.05) is 0 Å². The second-order valence-corrected chi connectivity index (χ2v) is 6.36. The Morgan fingerprint density at radius 2 is 2.12 bits per heavy atom. The Labute approximate surface area is 144 Å². The molecule has 1 atom stereocenters. The highest BCUT2D eigenvalue weighted by atomic mass is 32.2. The van der Waals surface area contributed by atoms with Crippen molar-refractivity contribution in [3.63, 3.8) is 0 Å². The highest BCUT2D eigenvalue weighted by Gasteiger charge is 2.33. The molecule has 1 aromatic carbocycles. The van der Waals surface area contributed by atoms with E-state index in [-0.39, 0.29) is 11.5 Å². The Balaban J connectivity index is 1.94. The SMILES string of the molecule is COCCOCCOc1ccc(C2=N[C@@](C)(C(=O)[O-])CS2)c(O)c1. The maximum absolute atomic E-state index is 11.1. The van der Waals surface area contributed by atoms with E-state index in [1.54, 1.807) is 19.2 Å². The molecule has 0 aliphatic carbocycles. The summed E-state index contributed by atoms with van der Waals surface area (Å²) < 4.78 is 15.6. The molecule has 0 amide bonds. The summed E-state index contributed by atoms with van der Waals surface area (Å²) in [4.78, 5) is 15.3. The Bertz CT molecular complexity index is 621. The molecule has 1 aliphatic rings. The number of benzene rings is 1. The Kier molecular flexibility index (Phi) is 6.47. The molecule has 0 saturated carbocycles. The first-order valence-corrected chi connectivity index (χ1v) is 8.42. The minimum absolute atomic E-state index is 0.0124. The molecule has 0 fully saturated rings. The minimum Gasteiger partial charge on any atom is -0.547 e. The van der Waals surface area contributed by atoms with E-state index in [0.29, 0.717) is 42.8 Å². The largest absolute Gasteiger partial charge is 0.547 e. The molecule has 2 rings (SSSR count). The Morgan fingerprint density at radius 3 is 2.75 bits per heavy atom. The number of methoxy groups -OCH3 is 1. The van der Waals surface area contributed by atoms with Crippen molar-refractivity contribution in [1.82, 2.24) is 0 Å². The molecule has 8 heteroatoms. The summed E-state index contributed by atoms with van der Waals surface area (Å²) in [5.41, 5.74) is -0.782. The van der Waals surface area contributed by atoms with E-state index in [0.717, 1.165) is 0 Å². The first kappa shape index (κ1) is 18.6. The summed E-state index contributed by atoms with van der Waals surface area (Å²) >= 11 is 1.28. The average molecular weight is 354 g/mol. The van der Waals surface area contributed by atoms with Gasteiger partial charge in [-0.15, -0.1) is 11.8 Å². The summed E-state index contributed by atoms with van der Waals surface area (Å²) in [7, 11) is 1.60. The molecule has 0 bridgehead atoms. The molecule has 1 aliphatic heterocycles. The quantitative estimate of drug-likeness (QED) is 0.642. The van der Waals surface area contributed by atoms with E-state index in [4.69, 9.17) is 14.2 Å². The number of aliphatic carboxylic acids is 1. The number of aliphatic imine (C=N–C) groups is 1. The van der Waals surface area contributed by atoms with Crippen molar-refractivity contribution in [2.75, 3.05) is 39.3 Å². The normalized spacial score (nSPS) is 20.0. The fraction of sp³-hybridized carbons (Fsp3) is 0.500. The Hall–Kier alpha value is -1.77. The van der Waals surface area contributed by atoms with Gasteiger partial charge in [0.15, 0.2) is 0 Å². The monoisotopic (exact) mass is 354 g/mol. The van der Waals surface area contributed by atoms with Crippen LogP contribution in [0.2, 0.25) is 0 Å². The average Bonchev–Trinajstić information content (AvgIpc) is 2.94. The second kappa shape index (κ2) is 8.36. The fourth-order valence-electron chi connectivity index (χ4n) is 1.98. The summed E-state index contributed by atoms with van der Waals surface area (Å²) in [5, 5.41) is 21.7. The molecule has 0 saturated heterocycles. The van der Waals surface area contributed by atoms with Crippen LogP contribution >= 0.6 is 11.8 Å². The van der Waals surface area contributed by atoms with Crippen LogP contribution in [0.4, 0.5) is 0 Å². The van der Waals surface area contributed by atoms with Crippen LogP contribution in [0.25, 0.3) is 0 Å². The molecule has 1 N–H and O–H groups in total. The predicted octanol–water partition coefficient (Wildman–Crippen LogP) is 0.436. The summed E-state index contributed by atoms with van der Waals surface area (Å²) in [6.07, 6.45) is 0. The number of hydrogen-bond donors (Lipinski definition) is 1. The van der Waals surface area contributed by atoms with Gasteiger partial charge in [-0.05, 0) is 19.1 Å². The maximum Gasteiger partial charge on any atom is 0.129 e. The van der Waals surface area contributed by atoms with Gasteiger partial charge >= 0.3 is 0 Å². The first-order chi connectivity index (χ1) is 11.5. The van der Waals surface area contributed by atoms with Crippen LogP contribution in [-0.2, 0) is 14.3 Å². The van der Waals surface area contributed by atoms with Crippen LogP contribution in [0, 0.1) is 0 Å². The molecule has 0 aromatic heterocycles. The lowest BCUT2D eigenvalue weighted by molar-refractivity contribution is -0.311. The van der Waals surface area contributed by atoms with Gasteiger partial charge in [0.05, 0.1) is 25.8 Å². The van der Waals surface area contributed by atoms with Crippen molar-refractivity contribution in [3.05, 3.63) is 23.8 Å². The number of phenols is 1. The predicted molar refractivity (Wildman–Crippen MR) is 88.7 cm³/mol. The van der Waals surface area contributed by atoms with Gasteiger partial charge in [-0.3, -0.25) is 4.99 Å². The van der Waals surface area contributed by atoms with Crippen LogP contribution in [0.5, 0.6) is 11.5 Å². The summed E-state index contributed by atoms with van der Waals surface area (Å²) in [5.74, 6) is -0.460. The summed E-state index contributed by atoms with van der Waals surface area (Å²) in [6, 6.07) is 4.83. The number of carboxylic acid groups (broad SMARTS) is 1. The molecular weight excluding hydrogens is 334 g/mol. The van der Waals surface area contributed by atoms with Gasteiger partial charge in [-0.1, -0.05) is 0 Å². The zero-order valence-corrected chi connectivity index (χ0v) is 14.4. The Morgan fingerprint density at radius 1 is 1.38 bits per heavy atom. The number of carboxylic acids is 1. The van der Waals surface area contributed by atoms with Gasteiger partial charge in [0.2, 0.25) is 0 Å². The van der Waals surface area contributed by atoms with E-state index in [9.17, 15) is 15.0 Å². The number of aromatic hydroxyl groups is 1. The van der Waals surface area contributed by atoms with Crippen LogP contribution < -0.4 is 9.84 Å². The molecule has 0 spiro atoms. The third-order valence-corrected chi connectivity index (χ3v) is 4.70. The summed E-state index contributed by atoms with van der Waals surface area (Å²) in [6.45, 7) is 3.29. The van der Waals surface area contributed by atoms with Crippen LogP contribution in [0.15, 0.2) is 23.2 Å². The van der Waals surface area contributed by atoms with Crippen molar-refractivity contribution in [2.24, 2.45) is 4.99 Å². The lowest BCUT2D eigenvalue weighted by atomic mass is 10.1. The smallest absolute Gasteiger partial charge is 0.129 e. The number of ether oxygens (including phenoxy) is 3. The molecule has 0 unspecified atom stereocenters. The minimum atomic E-state index is -1.26.